The first-order valence-corrected chi connectivity index (χ1v) is 4.94. The van der Waals surface area contributed by atoms with Crippen LogP contribution in [-0.4, -0.2) is 25.2 Å². The first kappa shape index (κ1) is 11.0. The average Bonchev–Trinajstić information content (AvgIpc) is 2.60. The van der Waals surface area contributed by atoms with Crippen molar-refractivity contribution < 1.29 is 9.53 Å². The third kappa shape index (κ3) is 2.71. The Bertz CT molecular complexity index is 247. The molecule has 0 saturated carbocycles. The minimum atomic E-state index is -0.319. The predicted molar refractivity (Wildman–Crippen MR) is 51.3 cm³/mol. The fourth-order valence-corrected chi connectivity index (χ4v) is 1.43. The number of amides is 1. The number of nitrogens with one attached hydrogen (secondary N) is 1. The summed E-state index contributed by atoms with van der Waals surface area (Å²) >= 11 is 0. The number of hydrogen-bond donors (Lipinski definition) is 1. The molecule has 0 aromatic carbocycles. The smallest absolute Gasteiger partial charge is 0.249 e. The van der Waals surface area contributed by atoms with Gasteiger partial charge in [-0.25, -0.2) is 0 Å². The van der Waals surface area contributed by atoms with E-state index in [9.17, 15) is 4.79 Å². The number of nitriles is 1. The lowest BCUT2D eigenvalue weighted by Gasteiger charge is -2.14. The molecular weight excluding hydrogens is 180 g/mol. The van der Waals surface area contributed by atoms with Gasteiger partial charge in [0.15, 0.2) is 0 Å². The van der Waals surface area contributed by atoms with Crippen molar-refractivity contribution in [3.8, 4) is 6.07 Å². The van der Waals surface area contributed by atoms with Gasteiger partial charge in [0.2, 0.25) is 5.91 Å². The van der Waals surface area contributed by atoms with Crippen molar-refractivity contribution in [1.29, 1.82) is 5.26 Å². The SMILES string of the molecule is CC(C#N)CNC(=O)C1OCCC1C. The summed E-state index contributed by atoms with van der Waals surface area (Å²) in [4.78, 5) is 11.5. The van der Waals surface area contributed by atoms with Gasteiger partial charge in [0.05, 0.1) is 12.0 Å². The van der Waals surface area contributed by atoms with Gasteiger partial charge in [0.1, 0.15) is 6.10 Å². The van der Waals surface area contributed by atoms with E-state index in [0.29, 0.717) is 13.2 Å². The largest absolute Gasteiger partial charge is 0.368 e. The van der Waals surface area contributed by atoms with Gasteiger partial charge >= 0.3 is 0 Å². The highest BCUT2D eigenvalue weighted by molar-refractivity contribution is 5.81. The molecule has 4 nitrogen and oxygen atoms in total. The summed E-state index contributed by atoms with van der Waals surface area (Å²) in [6.07, 6.45) is 0.618. The summed E-state index contributed by atoms with van der Waals surface area (Å²) in [6.45, 7) is 4.85. The highest BCUT2D eigenvalue weighted by Gasteiger charge is 2.30. The van der Waals surface area contributed by atoms with E-state index in [4.69, 9.17) is 10.00 Å². The Morgan fingerprint density at radius 2 is 2.50 bits per heavy atom. The van der Waals surface area contributed by atoms with Crippen LogP contribution in [0, 0.1) is 23.2 Å². The van der Waals surface area contributed by atoms with Crippen LogP contribution in [0.1, 0.15) is 20.3 Å². The zero-order valence-corrected chi connectivity index (χ0v) is 8.62. The third-order valence-electron chi connectivity index (χ3n) is 2.45. The quantitative estimate of drug-likeness (QED) is 0.722. The second kappa shape index (κ2) is 4.97. The monoisotopic (exact) mass is 196 g/mol. The normalized spacial score (nSPS) is 28.1. The fraction of sp³-hybridized carbons (Fsp3) is 0.800. The Morgan fingerprint density at radius 1 is 1.79 bits per heavy atom. The maximum Gasteiger partial charge on any atom is 0.249 e. The number of nitrogens with zero attached hydrogens (tertiary/aromatic N) is 1. The summed E-state index contributed by atoms with van der Waals surface area (Å²) in [5.74, 6) is 0.0557. The maximum atomic E-state index is 11.5. The molecule has 1 fully saturated rings. The Hall–Kier alpha value is -1.08. The molecule has 0 radical (unpaired) electrons. The molecule has 4 heteroatoms. The zero-order chi connectivity index (χ0) is 10.6. The van der Waals surface area contributed by atoms with Crippen LogP contribution in [0.4, 0.5) is 0 Å². The van der Waals surface area contributed by atoms with Crippen LogP contribution < -0.4 is 5.32 Å². The second-order valence-corrected chi connectivity index (χ2v) is 3.83. The first-order chi connectivity index (χ1) is 6.65. The molecule has 3 unspecified atom stereocenters. The minimum Gasteiger partial charge on any atom is -0.368 e. The van der Waals surface area contributed by atoms with Crippen LogP contribution in [-0.2, 0) is 9.53 Å². The van der Waals surface area contributed by atoms with E-state index >= 15 is 0 Å². The molecule has 1 amide bonds. The van der Waals surface area contributed by atoms with E-state index in [1.165, 1.54) is 0 Å². The van der Waals surface area contributed by atoms with E-state index in [1.807, 2.05) is 6.92 Å². The van der Waals surface area contributed by atoms with E-state index in [0.717, 1.165) is 6.42 Å². The summed E-state index contributed by atoms with van der Waals surface area (Å²) in [5.41, 5.74) is 0. The summed E-state index contributed by atoms with van der Waals surface area (Å²) in [6, 6.07) is 2.07. The fourth-order valence-electron chi connectivity index (χ4n) is 1.43. The van der Waals surface area contributed by atoms with Gasteiger partial charge in [-0.3, -0.25) is 4.79 Å². The molecule has 0 spiro atoms. The van der Waals surface area contributed by atoms with Crippen molar-refractivity contribution in [2.75, 3.05) is 13.2 Å². The Morgan fingerprint density at radius 3 is 3.00 bits per heavy atom. The predicted octanol–water partition coefficient (Wildman–Crippen LogP) is 0.687. The van der Waals surface area contributed by atoms with Gasteiger partial charge in [-0.1, -0.05) is 6.92 Å². The van der Waals surface area contributed by atoms with Crippen LogP contribution in [0.5, 0.6) is 0 Å². The van der Waals surface area contributed by atoms with E-state index in [-0.39, 0.29) is 23.8 Å². The van der Waals surface area contributed by atoms with Crippen LogP contribution in [0.15, 0.2) is 0 Å². The average molecular weight is 196 g/mol. The van der Waals surface area contributed by atoms with Crippen molar-refractivity contribution in [3.63, 3.8) is 0 Å². The van der Waals surface area contributed by atoms with Gasteiger partial charge < -0.3 is 10.1 Å². The number of ether oxygens (including phenoxy) is 1. The number of carbonyl (C=O) groups is 1. The van der Waals surface area contributed by atoms with Crippen molar-refractivity contribution >= 4 is 5.91 Å². The minimum absolute atomic E-state index is 0.0860. The standard InChI is InChI=1S/C10H16N2O2/c1-7(5-11)6-12-10(13)9-8(2)3-4-14-9/h7-9H,3-4,6H2,1-2H3,(H,12,13). The first-order valence-electron chi connectivity index (χ1n) is 4.94. The molecule has 0 aromatic rings. The molecule has 1 heterocycles. The van der Waals surface area contributed by atoms with E-state index in [2.05, 4.69) is 11.4 Å². The molecule has 78 valence electrons. The number of hydrogen-bond acceptors (Lipinski definition) is 3. The van der Waals surface area contributed by atoms with E-state index in [1.54, 1.807) is 6.92 Å². The number of rotatable bonds is 3. The van der Waals surface area contributed by atoms with Gasteiger partial charge in [-0.15, -0.1) is 0 Å². The summed E-state index contributed by atoms with van der Waals surface area (Å²) in [7, 11) is 0. The third-order valence-corrected chi connectivity index (χ3v) is 2.45. The Kier molecular flexibility index (Phi) is 3.90. The molecule has 1 N–H and O–H groups in total. The molecule has 1 rings (SSSR count). The Balaban J connectivity index is 2.32. The van der Waals surface area contributed by atoms with Gasteiger partial charge in [-0.2, -0.15) is 5.26 Å². The van der Waals surface area contributed by atoms with Crippen LogP contribution in [0.3, 0.4) is 0 Å². The Labute approximate surface area is 84.2 Å². The molecule has 0 aromatic heterocycles. The van der Waals surface area contributed by atoms with Crippen LogP contribution in [0.25, 0.3) is 0 Å². The molecule has 1 aliphatic heterocycles. The topological polar surface area (TPSA) is 62.1 Å². The molecule has 3 atom stereocenters. The van der Waals surface area contributed by atoms with Crippen molar-refractivity contribution in [2.24, 2.45) is 11.8 Å². The van der Waals surface area contributed by atoms with Crippen molar-refractivity contribution in [1.82, 2.24) is 5.32 Å². The van der Waals surface area contributed by atoms with Crippen LogP contribution in [0.2, 0.25) is 0 Å². The highest BCUT2D eigenvalue weighted by Crippen LogP contribution is 2.19. The van der Waals surface area contributed by atoms with Crippen molar-refractivity contribution in [3.05, 3.63) is 0 Å². The number of carbonyl (C=O) groups excluding carboxylic acids is 1. The molecule has 1 saturated heterocycles. The molecule has 0 aliphatic carbocycles. The summed E-state index contributed by atoms with van der Waals surface area (Å²) < 4.78 is 5.30. The molecule has 1 aliphatic rings. The molecule has 0 bridgehead atoms. The van der Waals surface area contributed by atoms with Crippen molar-refractivity contribution in [2.45, 2.75) is 26.4 Å². The zero-order valence-electron chi connectivity index (χ0n) is 8.62. The molecular formula is C10H16N2O2. The van der Waals surface area contributed by atoms with E-state index < -0.39 is 0 Å². The lowest BCUT2D eigenvalue weighted by molar-refractivity contribution is -0.131. The lowest BCUT2D eigenvalue weighted by atomic mass is 10.0. The van der Waals surface area contributed by atoms with Gasteiger partial charge in [-0.05, 0) is 19.3 Å². The van der Waals surface area contributed by atoms with Crippen LogP contribution >= 0.6 is 0 Å². The second-order valence-electron chi connectivity index (χ2n) is 3.83. The van der Waals surface area contributed by atoms with Gasteiger partial charge in [0, 0.05) is 13.2 Å². The lowest BCUT2D eigenvalue weighted by Crippen LogP contribution is -2.39. The van der Waals surface area contributed by atoms with Gasteiger partial charge in [0.25, 0.3) is 0 Å². The highest BCUT2D eigenvalue weighted by atomic mass is 16.5. The maximum absolute atomic E-state index is 11.5. The summed E-state index contributed by atoms with van der Waals surface area (Å²) in [5, 5.41) is 11.3. The molecule has 14 heavy (non-hydrogen) atoms.